The Kier molecular flexibility index (Phi) is 2.73. The Bertz CT molecular complexity index is 385. The molecule has 4 nitrogen and oxygen atoms in total. The number of likely N-dealkylation sites (tertiary alicyclic amines) is 1. The Balaban J connectivity index is 2.06. The predicted molar refractivity (Wildman–Crippen MR) is 56.9 cm³/mol. The lowest BCUT2D eigenvalue weighted by atomic mass is 10.0. The van der Waals surface area contributed by atoms with Crippen LogP contribution in [0.2, 0.25) is 0 Å². The molecule has 2 aliphatic heterocycles. The van der Waals surface area contributed by atoms with Gasteiger partial charge in [0.1, 0.15) is 0 Å². The zero-order chi connectivity index (χ0) is 11.1. The minimum absolute atomic E-state index is 0.0771. The second-order valence-electron chi connectivity index (χ2n) is 4.56. The molecule has 84 valence electrons. The molecule has 5 heteroatoms. The number of nitriles is 1. The molecule has 2 fully saturated rings. The first-order chi connectivity index (χ1) is 7.03. The topological polar surface area (TPSA) is 61.2 Å². The van der Waals surface area contributed by atoms with Crippen LogP contribution in [0.15, 0.2) is 0 Å². The van der Waals surface area contributed by atoms with Crippen molar-refractivity contribution in [2.45, 2.75) is 31.8 Å². The lowest BCUT2D eigenvalue weighted by Gasteiger charge is -2.27. The maximum Gasteiger partial charge on any atom is 0.151 e. The van der Waals surface area contributed by atoms with E-state index in [0.717, 1.165) is 19.4 Å². The minimum Gasteiger partial charge on any atom is -0.295 e. The van der Waals surface area contributed by atoms with Crippen molar-refractivity contribution < 1.29 is 8.42 Å². The molecule has 0 spiro atoms. The molecule has 2 heterocycles. The van der Waals surface area contributed by atoms with Gasteiger partial charge < -0.3 is 0 Å². The summed E-state index contributed by atoms with van der Waals surface area (Å²) >= 11 is 0. The van der Waals surface area contributed by atoms with E-state index in [2.05, 4.69) is 11.0 Å². The number of rotatable bonds is 1. The fraction of sp³-hybridized carbons (Fsp3) is 0.900. The van der Waals surface area contributed by atoms with Crippen molar-refractivity contribution in [1.82, 2.24) is 4.90 Å². The third-order valence-electron chi connectivity index (χ3n) is 3.65. The molecule has 3 unspecified atom stereocenters. The molecule has 0 aromatic carbocycles. The van der Waals surface area contributed by atoms with Crippen LogP contribution in [0.1, 0.15) is 19.8 Å². The number of hydrogen-bond acceptors (Lipinski definition) is 4. The van der Waals surface area contributed by atoms with E-state index in [1.54, 1.807) is 0 Å². The van der Waals surface area contributed by atoms with E-state index in [4.69, 9.17) is 5.26 Å². The molecular formula is C10H16N2O2S. The summed E-state index contributed by atoms with van der Waals surface area (Å²) < 4.78 is 22.7. The van der Waals surface area contributed by atoms with E-state index in [-0.39, 0.29) is 23.8 Å². The number of nitrogens with zero attached hydrogens (tertiary/aromatic N) is 2. The van der Waals surface area contributed by atoms with Crippen LogP contribution in [0.4, 0.5) is 0 Å². The molecule has 2 saturated heterocycles. The fourth-order valence-corrected chi connectivity index (χ4v) is 4.43. The normalized spacial score (nSPS) is 40.4. The Hall–Kier alpha value is -0.600. The zero-order valence-corrected chi connectivity index (χ0v) is 9.70. The largest absolute Gasteiger partial charge is 0.295 e. The molecule has 3 atom stereocenters. The van der Waals surface area contributed by atoms with E-state index in [1.165, 1.54) is 0 Å². The van der Waals surface area contributed by atoms with Crippen LogP contribution in [0.3, 0.4) is 0 Å². The molecule has 0 aromatic heterocycles. The summed E-state index contributed by atoms with van der Waals surface area (Å²) in [6.45, 7) is 2.91. The second-order valence-corrected chi connectivity index (χ2v) is 6.79. The summed E-state index contributed by atoms with van der Waals surface area (Å²) in [4.78, 5) is 2.21. The Morgan fingerprint density at radius 2 is 2.13 bits per heavy atom. The van der Waals surface area contributed by atoms with Gasteiger partial charge in [-0.3, -0.25) is 4.90 Å². The van der Waals surface area contributed by atoms with Gasteiger partial charge in [0.25, 0.3) is 0 Å². The van der Waals surface area contributed by atoms with Crippen molar-refractivity contribution >= 4 is 9.84 Å². The third kappa shape index (κ3) is 2.01. The summed E-state index contributed by atoms with van der Waals surface area (Å²) in [5, 5.41) is 8.90. The molecular weight excluding hydrogens is 212 g/mol. The molecule has 2 rings (SSSR count). The van der Waals surface area contributed by atoms with Gasteiger partial charge in [-0.1, -0.05) is 0 Å². The van der Waals surface area contributed by atoms with Crippen LogP contribution >= 0.6 is 0 Å². The summed E-state index contributed by atoms with van der Waals surface area (Å²) in [6, 6.07) is 2.67. The molecule has 15 heavy (non-hydrogen) atoms. The highest BCUT2D eigenvalue weighted by Gasteiger charge is 2.39. The maximum absolute atomic E-state index is 11.4. The molecule has 0 amide bonds. The molecule has 0 N–H and O–H groups in total. The van der Waals surface area contributed by atoms with E-state index in [0.29, 0.717) is 5.75 Å². The molecule has 0 saturated carbocycles. The molecule has 2 aliphatic rings. The SMILES string of the molecule is CC1C(C#N)CCN1C1CCS(=O)(=O)C1. The van der Waals surface area contributed by atoms with Crippen LogP contribution in [-0.4, -0.2) is 43.5 Å². The van der Waals surface area contributed by atoms with Gasteiger partial charge in [-0.05, 0) is 19.8 Å². The summed E-state index contributed by atoms with van der Waals surface area (Å²) in [6.07, 6.45) is 1.62. The van der Waals surface area contributed by atoms with Crippen LogP contribution in [0.5, 0.6) is 0 Å². The van der Waals surface area contributed by atoms with Crippen molar-refractivity contribution in [3.63, 3.8) is 0 Å². The van der Waals surface area contributed by atoms with Gasteiger partial charge in [0.15, 0.2) is 9.84 Å². The van der Waals surface area contributed by atoms with Gasteiger partial charge in [-0.25, -0.2) is 8.42 Å². The van der Waals surface area contributed by atoms with Crippen molar-refractivity contribution in [2.24, 2.45) is 5.92 Å². The van der Waals surface area contributed by atoms with Crippen molar-refractivity contribution in [3.8, 4) is 6.07 Å². The standard InChI is InChI=1S/C10H16N2O2S/c1-8-9(6-11)2-4-12(8)10-3-5-15(13,14)7-10/h8-10H,2-5,7H2,1H3. The van der Waals surface area contributed by atoms with Gasteiger partial charge in [-0.2, -0.15) is 5.26 Å². The van der Waals surface area contributed by atoms with Crippen LogP contribution in [0, 0.1) is 17.2 Å². The van der Waals surface area contributed by atoms with Gasteiger partial charge in [0.2, 0.25) is 0 Å². The molecule has 0 bridgehead atoms. The fourth-order valence-electron chi connectivity index (χ4n) is 2.69. The summed E-state index contributed by atoms with van der Waals surface area (Å²) in [7, 11) is -2.81. The van der Waals surface area contributed by atoms with Crippen LogP contribution in [-0.2, 0) is 9.84 Å². The van der Waals surface area contributed by atoms with Gasteiger partial charge in [-0.15, -0.1) is 0 Å². The average molecular weight is 228 g/mol. The lowest BCUT2D eigenvalue weighted by Crippen LogP contribution is -2.39. The van der Waals surface area contributed by atoms with Crippen molar-refractivity contribution in [3.05, 3.63) is 0 Å². The van der Waals surface area contributed by atoms with E-state index >= 15 is 0 Å². The zero-order valence-electron chi connectivity index (χ0n) is 8.89. The van der Waals surface area contributed by atoms with Crippen molar-refractivity contribution in [2.75, 3.05) is 18.1 Å². The smallest absolute Gasteiger partial charge is 0.151 e. The second kappa shape index (κ2) is 3.76. The predicted octanol–water partition coefficient (Wildman–Crippen LogP) is 0.407. The minimum atomic E-state index is -2.81. The van der Waals surface area contributed by atoms with E-state index in [1.807, 2.05) is 6.92 Å². The van der Waals surface area contributed by atoms with E-state index < -0.39 is 9.84 Å². The highest BCUT2D eigenvalue weighted by atomic mass is 32.2. The maximum atomic E-state index is 11.4. The monoisotopic (exact) mass is 228 g/mol. The van der Waals surface area contributed by atoms with Crippen molar-refractivity contribution in [1.29, 1.82) is 5.26 Å². The Morgan fingerprint density at radius 3 is 2.60 bits per heavy atom. The first-order valence-corrected chi connectivity index (χ1v) is 7.21. The van der Waals surface area contributed by atoms with E-state index in [9.17, 15) is 8.42 Å². The lowest BCUT2D eigenvalue weighted by molar-refractivity contribution is 0.197. The highest BCUT2D eigenvalue weighted by molar-refractivity contribution is 7.91. The Morgan fingerprint density at radius 1 is 1.40 bits per heavy atom. The number of sulfone groups is 1. The molecule has 0 aromatic rings. The first-order valence-electron chi connectivity index (χ1n) is 5.39. The van der Waals surface area contributed by atoms with Gasteiger partial charge >= 0.3 is 0 Å². The quantitative estimate of drug-likeness (QED) is 0.652. The average Bonchev–Trinajstić information content (AvgIpc) is 2.69. The summed E-state index contributed by atoms with van der Waals surface area (Å²) in [5.74, 6) is 0.682. The Labute approximate surface area is 90.8 Å². The first kappa shape index (κ1) is 10.9. The summed E-state index contributed by atoms with van der Waals surface area (Å²) in [5.41, 5.74) is 0. The number of hydrogen-bond donors (Lipinski definition) is 0. The molecule has 0 radical (unpaired) electrons. The van der Waals surface area contributed by atoms with Gasteiger partial charge in [0.05, 0.1) is 23.5 Å². The van der Waals surface area contributed by atoms with Gasteiger partial charge in [0, 0.05) is 18.6 Å². The molecule has 0 aliphatic carbocycles. The highest BCUT2D eigenvalue weighted by Crippen LogP contribution is 2.29. The third-order valence-corrected chi connectivity index (χ3v) is 5.40. The van der Waals surface area contributed by atoms with Crippen LogP contribution in [0.25, 0.3) is 0 Å². The van der Waals surface area contributed by atoms with Crippen LogP contribution < -0.4 is 0 Å².